The molecule has 140 valence electrons. The minimum absolute atomic E-state index is 0.590. The topological polar surface area (TPSA) is 55.3 Å². The fourth-order valence-corrected chi connectivity index (χ4v) is 2.63. The maximum Gasteiger partial charge on any atom is 0.193 e. The number of hydrogen-bond acceptors (Lipinski definition) is 4. The standard InChI is InChI=1S/C18H35N3O3/c1-3-19-18(21(2)9-12-24-13-16-5-6-16)20-8-4-10-22-14-17-7-11-23-15-17/h16-17H,3-15H2,1-2H3,(H,19,20). The Kier molecular flexibility index (Phi) is 9.46. The predicted molar refractivity (Wildman–Crippen MR) is 96.5 cm³/mol. The molecule has 0 spiro atoms. The fourth-order valence-electron chi connectivity index (χ4n) is 2.63. The van der Waals surface area contributed by atoms with E-state index in [0.29, 0.717) is 5.92 Å². The third-order valence-electron chi connectivity index (χ3n) is 4.40. The van der Waals surface area contributed by atoms with Crippen LogP contribution >= 0.6 is 0 Å². The number of hydrogen-bond donors (Lipinski definition) is 1. The van der Waals surface area contributed by atoms with Crippen LogP contribution in [-0.4, -0.2) is 77.2 Å². The van der Waals surface area contributed by atoms with E-state index in [2.05, 4.69) is 29.2 Å². The zero-order valence-corrected chi connectivity index (χ0v) is 15.5. The molecular formula is C18H35N3O3. The van der Waals surface area contributed by atoms with Gasteiger partial charge in [0.1, 0.15) is 0 Å². The maximum atomic E-state index is 5.72. The Balaban J connectivity index is 1.53. The molecule has 2 fully saturated rings. The number of nitrogens with one attached hydrogen (secondary N) is 1. The summed E-state index contributed by atoms with van der Waals surface area (Å²) >= 11 is 0. The molecule has 1 saturated heterocycles. The smallest absolute Gasteiger partial charge is 0.193 e. The van der Waals surface area contributed by atoms with Gasteiger partial charge in [0, 0.05) is 52.4 Å². The molecule has 2 aliphatic rings. The molecule has 6 heteroatoms. The average Bonchev–Trinajstić information content (AvgIpc) is 3.27. The van der Waals surface area contributed by atoms with Crippen LogP contribution in [0.5, 0.6) is 0 Å². The van der Waals surface area contributed by atoms with Gasteiger partial charge in [0.15, 0.2) is 5.96 Å². The van der Waals surface area contributed by atoms with Crippen molar-refractivity contribution < 1.29 is 14.2 Å². The van der Waals surface area contributed by atoms with E-state index in [0.717, 1.165) is 84.0 Å². The summed E-state index contributed by atoms with van der Waals surface area (Å²) in [6, 6.07) is 0. The van der Waals surface area contributed by atoms with Gasteiger partial charge in [-0.05, 0) is 38.5 Å². The lowest BCUT2D eigenvalue weighted by molar-refractivity contribution is 0.0892. The molecular weight excluding hydrogens is 306 g/mol. The van der Waals surface area contributed by atoms with E-state index in [1.807, 2.05) is 0 Å². The van der Waals surface area contributed by atoms with Crippen LogP contribution in [0.1, 0.15) is 32.6 Å². The Morgan fingerprint density at radius 3 is 2.67 bits per heavy atom. The van der Waals surface area contributed by atoms with Gasteiger partial charge in [-0.3, -0.25) is 4.99 Å². The molecule has 2 rings (SSSR count). The fraction of sp³-hybridized carbons (Fsp3) is 0.944. The van der Waals surface area contributed by atoms with Crippen molar-refractivity contribution in [3.63, 3.8) is 0 Å². The number of aliphatic imine (C=N–C) groups is 1. The Morgan fingerprint density at radius 2 is 1.96 bits per heavy atom. The Bertz CT molecular complexity index is 355. The van der Waals surface area contributed by atoms with E-state index < -0.39 is 0 Å². The van der Waals surface area contributed by atoms with Gasteiger partial charge >= 0.3 is 0 Å². The molecule has 1 heterocycles. The number of nitrogens with zero attached hydrogens (tertiary/aromatic N) is 2. The van der Waals surface area contributed by atoms with Crippen molar-refractivity contribution in [2.75, 3.05) is 66.3 Å². The van der Waals surface area contributed by atoms with E-state index >= 15 is 0 Å². The molecule has 0 bridgehead atoms. The first-order chi connectivity index (χ1) is 11.8. The van der Waals surface area contributed by atoms with Gasteiger partial charge in [-0.2, -0.15) is 0 Å². The predicted octanol–water partition coefficient (Wildman–Crippen LogP) is 1.75. The summed E-state index contributed by atoms with van der Waals surface area (Å²) in [5.41, 5.74) is 0. The van der Waals surface area contributed by atoms with Crippen molar-refractivity contribution in [1.82, 2.24) is 10.2 Å². The van der Waals surface area contributed by atoms with Crippen molar-refractivity contribution in [2.24, 2.45) is 16.8 Å². The first-order valence-corrected chi connectivity index (χ1v) is 9.52. The molecule has 0 aromatic heterocycles. The summed E-state index contributed by atoms with van der Waals surface area (Å²) in [4.78, 5) is 6.83. The van der Waals surface area contributed by atoms with Crippen LogP contribution in [0.2, 0.25) is 0 Å². The minimum Gasteiger partial charge on any atom is -0.381 e. The van der Waals surface area contributed by atoms with Gasteiger partial charge in [-0.25, -0.2) is 0 Å². The largest absolute Gasteiger partial charge is 0.381 e. The average molecular weight is 341 g/mol. The summed E-state index contributed by atoms with van der Waals surface area (Å²) in [6.45, 7) is 9.67. The highest BCUT2D eigenvalue weighted by Gasteiger charge is 2.21. The summed E-state index contributed by atoms with van der Waals surface area (Å²) in [7, 11) is 2.07. The quantitative estimate of drug-likeness (QED) is 0.333. The van der Waals surface area contributed by atoms with Crippen LogP contribution in [0.25, 0.3) is 0 Å². The minimum atomic E-state index is 0.590. The van der Waals surface area contributed by atoms with Crippen molar-refractivity contribution in [1.29, 1.82) is 0 Å². The lowest BCUT2D eigenvalue weighted by atomic mass is 10.1. The first kappa shape index (κ1) is 19.5. The molecule has 0 amide bonds. The van der Waals surface area contributed by atoms with Gasteiger partial charge in [0.2, 0.25) is 0 Å². The zero-order valence-electron chi connectivity index (χ0n) is 15.5. The van der Waals surface area contributed by atoms with Crippen molar-refractivity contribution in [3.05, 3.63) is 0 Å². The molecule has 1 N–H and O–H groups in total. The third-order valence-corrected chi connectivity index (χ3v) is 4.40. The zero-order chi connectivity index (χ0) is 17.0. The SMILES string of the molecule is CCNC(=NCCCOCC1CCOC1)N(C)CCOCC1CC1. The van der Waals surface area contributed by atoms with E-state index in [4.69, 9.17) is 14.2 Å². The second-order valence-electron chi connectivity index (χ2n) is 6.83. The van der Waals surface area contributed by atoms with Crippen molar-refractivity contribution in [2.45, 2.75) is 32.6 Å². The van der Waals surface area contributed by atoms with Crippen LogP contribution < -0.4 is 5.32 Å². The number of guanidine groups is 1. The molecule has 0 aromatic rings. The Hall–Kier alpha value is -0.850. The highest BCUT2D eigenvalue weighted by Crippen LogP contribution is 2.28. The monoisotopic (exact) mass is 341 g/mol. The summed E-state index contributed by atoms with van der Waals surface area (Å²) in [5, 5.41) is 3.34. The van der Waals surface area contributed by atoms with E-state index in [1.165, 1.54) is 12.8 Å². The van der Waals surface area contributed by atoms with Crippen molar-refractivity contribution in [3.8, 4) is 0 Å². The number of likely N-dealkylation sites (N-methyl/N-ethyl adjacent to an activating group) is 1. The van der Waals surface area contributed by atoms with E-state index in [-0.39, 0.29) is 0 Å². The maximum absolute atomic E-state index is 5.72. The summed E-state index contributed by atoms with van der Waals surface area (Å²) < 4.78 is 16.8. The molecule has 0 radical (unpaired) electrons. The van der Waals surface area contributed by atoms with Gasteiger partial charge in [0.25, 0.3) is 0 Å². The second kappa shape index (κ2) is 11.7. The lowest BCUT2D eigenvalue weighted by Gasteiger charge is -2.22. The molecule has 1 unspecified atom stereocenters. The molecule has 0 aromatic carbocycles. The number of ether oxygens (including phenoxy) is 3. The van der Waals surface area contributed by atoms with Crippen LogP contribution in [0, 0.1) is 11.8 Å². The Morgan fingerprint density at radius 1 is 1.17 bits per heavy atom. The van der Waals surface area contributed by atoms with Crippen LogP contribution in [-0.2, 0) is 14.2 Å². The first-order valence-electron chi connectivity index (χ1n) is 9.52. The van der Waals surface area contributed by atoms with Crippen LogP contribution in [0.4, 0.5) is 0 Å². The van der Waals surface area contributed by atoms with Gasteiger partial charge < -0.3 is 24.4 Å². The highest BCUT2D eigenvalue weighted by atomic mass is 16.5. The van der Waals surface area contributed by atoms with Crippen molar-refractivity contribution >= 4 is 5.96 Å². The van der Waals surface area contributed by atoms with Gasteiger partial charge in [0.05, 0.1) is 19.8 Å². The highest BCUT2D eigenvalue weighted by molar-refractivity contribution is 5.79. The third kappa shape index (κ3) is 8.31. The molecule has 1 atom stereocenters. The van der Waals surface area contributed by atoms with E-state index in [1.54, 1.807) is 0 Å². The molecule has 1 saturated carbocycles. The molecule has 24 heavy (non-hydrogen) atoms. The van der Waals surface area contributed by atoms with Crippen LogP contribution in [0.3, 0.4) is 0 Å². The summed E-state index contributed by atoms with van der Waals surface area (Å²) in [5.74, 6) is 2.37. The summed E-state index contributed by atoms with van der Waals surface area (Å²) in [6.07, 6.45) is 4.77. The number of rotatable bonds is 12. The second-order valence-corrected chi connectivity index (χ2v) is 6.83. The molecule has 6 nitrogen and oxygen atoms in total. The van der Waals surface area contributed by atoms with E-state index in [9.17, 15) is 0 Å². The van der Waals surface area contributed by atoms with Gasteiger partial charge in [-0.15, -0.1) is 0 Å². The Labute approximate surface area is 146 Å². The molecule has 1 aliphatic carbocycles. The lowest BCUT2D eigenvalue weighted by Crippen LogP contribution is -2.40. The van der Waals surface area contributed by atoms with Gasteiger partial charge in [-0.1, -0.05) is 0 Å². The normalized spacial score (nSPS) is 21.2. The molecule has 1 aliphatic heterocycles. The van der Waals surface area contributed by atoms with Crippen LogP contribution in [0.15, 0.2) is 4.99 Å².